The minimum absolute atomic E-state index is 0.0120. The number of rotatable bonds is 6. The summed E-state index contributed by atoms with van der Waals surface area (Å²) in [5, 5.41) is 5.70. The lowest BCUT2D eigenvalue weighted by Crippen LogP contribution is -2.48. The molecule has 2 N–H and O–H groups in total. The first-order chi connectivity index (χ1) is 16.9. The summed E-state index contributed by atoms with van der Waals surface area (Å²) in [5.41, 5.74) is 3.18. The molecular weight excluding hydrogens is 442 g/mol. The van der Waals surface area contributed by atoms with Gasteiger partial charge in [0.15, 0.2) is 0 Å². The lowest BCUT2D eigenvalue weighted by Gasteiger charge is -2.35. The van der Waals surface area contributed by atoms with Gasteiger partial charge in [-0.1, -0.05) is 30.3 Å². The van der Waals surface area contributed by atoms with Crippen molar-refractivity contribution in [2.75, 3.05) is 18.4 Å². The lowest BCUT2D eigenvalue weighted by molar-refractivity contribution is -0.0586. The van der Waals surface area contributed by atoms with Crippen molar-refractivity contribution >= 4 is 23.4 Å². The molecule has 7 nitrogen and oxygen atoms in total. The molecule has 1 aliphatic rings. The zero-order valence-corrected chi connectivity index (χ0v) is 19.9. The third kappa shape index (κ3) is 6.33. The average Bonchev–Trinajstić information content (AvgIpc) is 2.87. The van der Waals surface area contributed by atoms with Crippen LogP contribution in [0.25, 0.3) is 0 Å². The normalized spacial score (nSPS) is 17.5. The molecule has 35 heavy (non-hydrogen) atoms. The van der Waals surface area contributed by atoms with E-state index in [0.29, 0.717) is 42.0 Å². The number of nitrogens with zero attached hydrogens (tertiary/aromatic N) is 1. The summed E-state index contributed by atoms with van der Waals surface area (Å²) in [6.07, 6.45) is 0.0396. The van der Waals surface area contributed by atoms with Crippen molar-refractivity contribution in [2.45, 2.75) is 32.6 Å². The van der Waals surface area contributed by atoms with E-state index in [2.05, 4.69) is 10.6 Å². The SMILES string of the molecule is CC1CN(C(=O)c2ccc(CNC(=O)c3ccc(NC(=O)c4ccccc4)cc3)cc2)CC(C)O1. The smallest absolute Gasteiger partial charge is 0.255 e. The van der Waals surface area contributed by atoms with E-state index in [9.17, 15) is 14.4 Å². The molecule has 0 aromatic heterocycles. The van der Waals surface area contributed by atoms with Gasteiger partial charge in [0.2, 0.25) is 0 Å². The average molecular weight is 472 g/mol. The van der Waals surface area contributed by atoms with Crippen LogP contribution in [0.15, 0.2) is 78.9 Å². The second kappa shape index (κ2) is 11.0. The van der Waals surface area contributed by atoms with Gasteiger partial charge in [-0.2, -0.15) is 0 Å². The van der Waals surface area contributed by atoms with Gasteiger partial charge in [0.1, 0.15) is 0 Å². The van der Waals surface area contributed by atoms with Gasteiger partial charge in [-0.15, -0.1) is 0 Å². The van der Waals surface area contributed by atoms with Crippen molar-refractivity contribution in [3.05, 3.63) is 101 Å². The summed E-state index contributed by atoms with van der Waals surface area (Å²) in [4.78, 5) is 39.4. The Balaban J connectivity index is 1.29. The molecule has 3 aromatic rings. The molecular formula is C28H29N3O4. The zero-order chi connectivity index (χ0) is 24.8. The van der Waals surface area contributed by atoms with Crippen LogP contribution in [0.1, 0.15) is 50.5 Å². The summed E-state index contributed by atoms with van der Waals surface area (Å²) < 4.78 is 5.70. The molecule has 7 heteroatoms. The Kier molecular flexibility index (Phi) is 7.57. The van der Waals surface area contributed by atoms with E-state index in [-0.39, 0.29) is 29.9 Å². The Bertz CT molecular complexity index is 1170. The third-order valence-corrected chi connectivity index (χ3v) is 5.80. The van der Waals surface area contributed by atoms with E-state index < -0.39 is 0 Å². The molecule has 0 aliphatic carbocycles. The lowest BCUT2D eigenvalue weighted by atomic mass is 10.1. The maximum absolute atomic E-state index is 12.8. The van der Waals surface area contributed by atoms with Crippen LogP contribution < -0.4 is 10.6 Å². The molecule has 0 radical (unpaired) electrons. The molecule has 3 aromatic carbocycles. The highest BCUT2D eigenvalue weighted by Gasteiger charge is 2.26. The first-order valence-electron chi connectivity index (χ1n) is 11.7. The van der Waals surface area contributed by atoms with Gasteiger partial charge in [0.25, 0.3) is 17.7 Å². The van der Waals surface area contributed by atoms with E-state index in [1.165, 1.54) is 0 Å². The van der Waals surface area contributed by atoms with E-state index in [0.717, 1.165) is 5.56 Å². The maximum atomic E-state index is 12.8. The zero-order valence-electron chi connectivity index (χ0n) is 19.9. The maximum Gasteiger partial charge on any atom is 0.255 e. The van der Waals surface area contributed by atoms with Crippen molar-refractivity contribution in [3.63, 3.8) is 0 Å². The summed E-state index contributed by atoms with van der Waals surface area (Å²) in [6.45, 7) is 5.43. The second-order valence-electron chi connectivity index (χ2n) is 8.74. The summed E-state index contributed by atoms with van der Waals surface area (Å²) in [7, 11) is 0. The number of morpholine rings is 1. The van der Waals surface area contributed by atoms with Gasteiger partial charge in [-0.25, -0.2) is 0 Å². The van der Waals surface area contributed by atoms with Crippen molar-refractivity contribution in [2.24, 2.45) is 0 Å². The van der Waals surface area contributed by atoms with Crippen LogP contribution in [-0.2, 0) is 11.3 Å². The number of ether oxygens (including phenoxy) is 1. The number of hydrogen-bond acceptors (Lipinski definition) is 4. The molecule has 1 saturated heterocycles. The van der Waals surface area contributed by atoms with Crippen LogP contribution in [-0.4, -0.2) is 47.9 Å². The molecule has 180 valence electrons. The van der Waals surface area contributed by atoms with E-state index in [1.54, 1.807) is 60.7 Å². The minimum Gasteiger partial charge on any atom is -0.372 e. The molecule has 3 amide bonds. The molecule has 0 bridgehead atoms. The minimum atomic E-state index is -0.220. The van der Waals surface area contributed by atoms with Crippen molar-refractivity contribution < 1.29 is 19.1 Å². The fourth-order valence-corrected chi connectivity index (χ4v) is 4.07. The molecule has 1 aliphatic heterocycles. The number of hydrogen-bond donors (Lipinski definition) is 2. The van der Waals surface area contributed by atoms with Gasteiger partial charge in [-0.05, 0) is 67.9 Å². The Morgan fingerprint density at radius 1 is 0.771 bits per heavy atom. The van der Waals surface area contributed by atoms with Crippen molar-refractivity contribution in [1.82, 2.24) is 10.2 Å². The van der Waals surface area contributed by atoms with Crippen LogP contribution in [0.3, 0.4) is 0 Å². The van der Waals surface area contributed by atoms with Crippen LogP contribution in [0.4, 0.5) is 5.69 Å². The summed E-state index contributed by atoms with van der Waals surface area (Å²) in [6, 6.07) is 23.0. The molecule has 4 rings (SSSR count). The highest BCUT2D eigenvalue weighted by atomic mass is 16.5. The molecule has 1 fully saturated rings. The van der Waals surface area contributed by atoms with Gasteiger partial charge in [-0.3, -0.25) is 14.4 Å². The van der Waals surface area contributed by atoms with Crippen LogP contribution in [0.2, 0.25) is 0 Å². The fraction of sp³-hybridized carbons (Fsp3) is 0.250. The first-order valence-corrected chi connectivity index (χ1v) is 11.7. The second-order valence-corrected chi connectivity index (χ2v) is 8.74. The fourth-order valence-electron chi connectivity index (χ4n) is 4.07. The molecule has 1 heterocycles. The molecule has 0 spiro atoms. The number of amides is 3. The predicted octanol–water partition coefficient (Wildman–Crippen LogP) is 4.12. The largest absolute Gasteiger partial charge is 0.372 e. The number of carbonyl (C=O) groups excluding carboxylic acids is 3. The monoisotopic (exact) mass is 471 g/mol. The Labute approximate surface area is 205 Å². The summed E-state index contributed by atoms with van der Waals surface area (Å²) >= 11 is 0. The predicted molar refractivity (Wildman–Crippen MR) is 134 cm³/mol. The summed E-state index contributed by atoms with van der Waals surface area (Å²) in [5.74, 6) is -0.438. The Morgan fingerprint density at radius 2 is 1.34 bits per heavy atom. The number of anilines is 1. The van der Waals surface area contributed by atoms with Gasteiger partial charge in [0.05, 0.1) is 12.2 Å². The Morgan fingerprint density at radius 3 is 1.97 bits per heavy atom. The van der Waals surface area contributed by atoms with Gasteiger partial charge in [0, 0.05) is 42.0 Å². The van der Waals surface area contributed by atoms with E-state index in [4.69, 9.17) is 4.74 Å². The highest BCUT2D eigenvalue weighted by Crippen LogP contribution is 2.16. The molecule has 2 unspecified atom stereocenters. The molecule has 0 saturated carbocycles. The van der Waals surface area contributed by atoms with E-state index >= 15 is 0 Å². The third-order valence-electron chi connectivity index (χ3n) is 5.80. The standard InChI is InChI=1S/C28H29N3O4/c1-19-17-31(18-20(2)35-19)28(34)24-10-8-21(9-11-24)16-29-26(32)23-12-14-25(15-13-23)30-27(33)22-6-4-3-5-7-22/h3-15,19-20H,16-18H2,1-2H3,(H,29,32)(H,30,33). The van der Waals surface area contributed by atoms with Crippen molar-refractivity contribution in [1.29, 1.82) is 0 Å². The van der Waals surface area contributed by atoms with Crippen LogP contribution in [0.5, 0.6) is 0 Å². The van der Waals surface area contributed by atoms with Gasteiger partial charge >= 0.3 is 0 Å². The van der Waals surface area contributed by atoms with E-state index in [1.807, 2.05) is 36.9 Å². The number of carbonyl (C=O) groups is 3. The van der Waals surface area contributed by atoms with Gasteiger partial charge < -0.3 is 20.3 Å². The number of nitrogens with one attached hydrogen (secondary N) is 2. The topological polar surface area (TPSA) is 87.7 Å². The van der Waals surface area contributed by atoms with Crippen LogP contribution >= 0.6 is 0 Å². The Hall–Kier alpha value is -3.97. The highest BCUT2D eigenvalue weighted by molar-refractivity contribution is 6.04. The first kappa shape index (κ1) is 24.2. The van der Waals surface area contributed by atoms with Crippen molar-refractivity contribution in [3.8, 4) is 0 Å². The van der Waals surface area contributed by atoms with Crippen LogP contribution in [0, 0.1) is 0 Å². The number of benzene rings is 3. The quantitative estimate of drug-likeness (QED) is 0.566. The molecule has 2 atom stereocenters.